The van der Waals surface area contributed by atoms with Crippen LogP contribution >= 0.6 is 11.6 Å². The summed E-state index contributed by atoms with van der Waals surface area (Å²) >= 11 is 6.09. The molecule has 2 aromatic rings. The molecule has 1 aromatic heterocycles. The Labute approximate surface area is 157 Å². The zero-order chi connectivity index (χ0) is 18.9. The molecule has 1 atom stereocenters. The van der Waals surface area contributed by atoms with Crippen molar-refractivity contribution in [2.75, 3.05) is 14.1 Å². The van der Waals surface area contributed by atoms with Gasteiger partial charge in [-0.15, -0.1) is 0 Å². The molecule has 134 valence electrons. The van der Waals surface area contributed by atoms with Crippen molar-refractivity contribution < 1.29 is 9.59 Å². The third-order valence-corrected chi connectivity index (χ3v) is 5.18. The maximum Gasteiger partial charge on any atom is 0.271 e. The number of nitrogens with zero attached hydrogens (tertiary/aromatic N) is 3. The highest BCUT2D eigenvalue weighted by Crippen LogP contribution is 2.31. The lowest BCUT2D eigenvalue weighted by molar-refractivity contribution is -0.155. The molecule has 0 bridgehead atoms. The molecule has 1 aliphatic rings. The molecule has 5 nitrogen and oxygen atoms in total. The van der Waals surface area contributed by atoms with Crippen molar-refractivity contribution in [2.45, 2.75) is 18.9 Å². The average Bonchev–Trinajstić information content (AvgIpc) is 2.65. The number of hydrogen-bond acceptors (Lipinski definition) is 3. The van der Waals surface area contributed by atoms with E-state index >= 15 is 0 Å². The van der Waals surface area contributed by atoms with E-state index in [1.54, 1.807) is 45.4 Å². The smallest absolute Gasteiger partial charge is 0.271 e. The van der Waals surface area contributed by atoms with Gasteiger partial charge in [0.2, 0.25) is 0 Å². The van der Waals surface area contributed by atoms with Crippen LogP contribution < -0.4 is 0 Å². The zero-order valence-corrected chi connectivity index (χ0v) is 15.7. The lowest BCUT2D eigenvalue weighted by Gasteiger charge is -2.45. The average molecular weight is 370 g/mol. The number of rotatable bonds is 3. The Morgan fingerprint density at radius 1 is 1.12 bits per heavy atom. The highest BCUT2D eigenvalue weighted by atomic mass is 35.5. The second-order valence-electron chi connectivity index (χ2n) is 6.58. The molecule has 6 heteroatoms. The Hall–Kier alpha value is -2.66. The van der Waals surface area contributed by atoms with Crippen LogP contribution in [-0.2, 0) is 16.0 Å². The number of carbonyl (C=O) groups excluding carboxylic acids is 2. The molecular formula is C20H20ClN3O2. The largest absolute Gasteiger partial charge is 0.326 e. The second-order valence-corrected chi connectivity index (χ2v) is 6.94. The second kappa shape index (κ2) is 6.92. The van der Waals surface area contributed by atoms with E-state index in [4.69, 9.17) is 11.6 Å². The molecule has 1 aromatic carbocycles. The third-order valence-electron chi connectivity index (χ3n) is 4.86. The van der Waals surface area contributed by atoms with E-state index in [-0.39, 0.29) is 22.7 Å². The van der Waals surface area contributed by atoms with Crippen molar-refractivity contribution in [3.05, 3.63) is 70.6 Å². The standard InChI is InChI=1S/C20H20ClN3O2/c1-20(13-14-8-5-4-6-9-14)19(26)23(2)16(18(25)24(20)3)12-15-10-7-11-22-17(15)21/h4-12H,13H2,1-3H3/b16-12-. The number of piperazine rings is 1. The molecule has 3 rings (SSSR count). The van der Waals surface area contributed by atoms with Gasteiger partial charge in [0.15, 0.2) is 0 Å². The fourth-order valence-corrected chi connectivity index (χ4v) is 3.33. The number of pyridine rings is 1. The summed E-state index contributed by atoms with van der Waals surface area (Å²) in [5.41, 5.74) is 0.915. The number of likely N-dealkylation sites (N-methyl/N-ethyl adjacent to an activating group) is 2. The first-order valence-corrected chi connectivity index (χ1v) is 8.65. The number of halogens is 1. The molecule has 1 saturated heterocycles. The monoisotopic (exact) mass is 369 g/mol. The normalized spacial score (nSPS) is 22.2. The fourth-order valence-electron chi connectivity index (χ4n) is 3.15. The Kier molecular flexibility index (Phi) is 4.83. The Morgan fingerprint density at radius 2 is 1.81 bits per heavy atom. The quantitative estimate of drug-likeness (QED) is 0.617. The molecule has 2 amide bonds. The summed E-state index contributed by atoms with van der Waals surface area (Å²) in [6, 6.07) is 13.2. The van der Waals surface area contributed by atoms with Gasteiger partial charge in [0, 0.05) is 32.3 Å². The molecule has 0 N–H and O–H groups in total. The van der Waals surface area contributed by atoms with Crippen molar-refractivity contribution in [3.8, 4) is 0 Å². The van der Waals surface area contributed by atoms with Crippen LogP contribution in [-0.4, -0.2) is 46.2 Å². The first-order valence-electron chi connectivity index (χ1n) is 8.27. The minimum atomic E-state index is -0.955. The minimum absolute atomic E-state index is 0.144. The first kappa shape index (κ1) is 18.1. The van der Waals surface area contributed by atoms with E-state index in [2.05, 4.69) is 4.98 Å². The summed E-state index contributed by atoms with van der Waals surface area (Å²) in [7, 11) is 3.28. The van der Waals surface area contributed by atoms with E-state index in [1.165, 1.54) is 9.80 Å². The lowest BCUT2D eigenvalue weighted by Crippen LogP contribution is -2.64. The van der Waals surface area contributed by atoms with E-state index in [1.807, 2.05) is 30.3 Å². The van der Waals surface area contributed by atoms with Crippen LogP contribution in [0.25, 0.3) is 6.08 Å². The van der Waals surface area contributed by atoms with Gasteiger partial charge in [-0.3, -0.25) is 9.59 Å². The molecule has 1 fully saturated rings. The number of amides is 2. The van der Waals surface area contributed by atoms with E-state index in [0.29, 0.717) is 12.0 Å². The summed E-state index contributed by atoms with van der Waals surface area (Å²) < 4.78 is 0. The van der Waals surface area contributed by atoms with Crippen LogP contribution in [0.15, 0.2) is 54.4 Å². The van der Waals surface area contributed by atoms with Crippen LogP contribution in [0.1, 0.15) is 18.1 Å². The topological polar surface area (TPSA) is 53.5 Å². The maximum absolute atomic E-state index is 13.1. The number of aromatic nitrogens is 1. The minimum Gasteiger partial charge on any atom is -0.326 e. The van der Waals surface area contributed by atoms with E-state index in [0.717, 1.165) is 5.56 Å². The van der Waals surface area contributed by atoms with Crippen molar-refractivity contribution >= 4 is 29.5 Å². The summed E-state index contributed by atoms with van der Waals surface area (Å²) in [6.07, 6.45) is 3.62. The van der Waals surface area contributed by atoms with Gasteiger partial charge in [0.05, 0.1) is 0 Å². The van der Waals surface area contributed by atoms with Crippen LogP contribution in [0, 0.1) is 0 Å². The highest BCUT2D eigenvalue weighted by molar-refractivity contribution is 6.31. The molecule has 1 aliphatic heterocycles. The van der Waals surface area contributed by atoms with Crippen LogP contribution in [0.3, 0.4) is 0 Å². The number of benzene rings is 1. The molecule has 0 aliphatic carbocycles. The van der Waals surface area contributed by atoms with Gasteiger partial charge < -0.3 is 9.80 Å². The predicted octanol–water partition coefficient (Wildman–Crippen LogP) is 3.01. The summed E-state index contributed by atoms with van der Waals surface area (Å²) in [5, 5.41) is 0.286. The van der Waals surface area contributed by atoms with Crippen molar-refractivity contribution in [3.63, 3.8) is 0 Å². The Morgan fingerprint density at radius 3 is 2.46 bits per heavy atom. The Bertz CT molecular complexity index is 882. The molecule has 0 saturated carbocycles. The van der Waals surface area contributed by atoms with Gasteiger partial charge in [0.1, 0.15) is 16.4 Å². The Balaban J connectivity index is 1.98. The van der Waals surface area contributed by atoms with Crippen LogP contribution in [0.4, 0.5) is 0 Å². The predicted molar refractivity (Wildman–Crippen MR) is 101 cm³/mol. The molecule has 0 spiro atoms. The van der Waals surface area contributed by atoms with Gasteiger partial charge in [-0.25, -0.2) is 4.98 Å². The number of hydrogen-bond donors (Lipinski definition) is 0. The number of carbonyl (C=O) groups is 2. The highest BCUT2D eigenvalue weighted by Gasteiger charge is 2.48. The van der Waals surface area contributed by atoms with Crippen molar-refractivity contribution in [1.82, 2.24) is 14.8 Å². The van der Waals surface area contributed by atoms with Crippen molar-refractivity contribution in [2.24, 2.45) is 0 Å². The summed E-state index contributed by atoms with van der Waals surface area (Å²) in [4.78, 5) is 33.1. The van der Waals surface area contributed by atoms with Gasteiger partial charge in [-0.05, 0) is 24.6 Å². The molecule has 1 unspecified atom stereocenters. The third kappa shape index (κ3) is 3.10. The SMILES string of the molecule is CN1C(=O)C(C)(Cc2ccccc2)N(C)C(=O)/C1=C/c1cccnc1Cl. The zero-order valence-electron chi connectivity index (χ0n) is 14.9. The van der Waals surface area contributed by atoms with Gasteiger partial charge >= 0.3 is 0 Å². The van der Waals surface area contributed by atoms with Crippen LogP contribution in [0.2, 0.25) is 5.15 Å². The van der Waals surface area contributed by atoms with Gasteiger partial charge in [-0.2, -0.15) is 0 Å². The molecular weight excluding hydrogens is 350 g/mol. The molecule has 26 heavy (non-hydrogen) atoms. The van der Waals surface area contributed by atoms with Crippen molar-refractivity contribution in [1.29, 1.82) is 0 Å². The van der Waals surface area contributed by atoms with E-state index < -0.39 is 5.54 Å². The van der Waals surface area contributed by atoms with E-state index in [9.17, 15) is 9.59 Å². The van der Waals surface area contributed by atoms with Gasteiger partial charge in [0.25, 0.3) is 11.8 Å². The maximum atomic E-state index is 13.1. The molecule has 2 heterocycles. The van der Waals surface area contributed by atoms with Crippen LogP contribution in [0.5, 0.6) is 0 Å². The first-order chi connectivity index (χ1) is 12.3. The molecule has 0 radical (unpaired) electrons. The lowest BCUT2D eigenvalue weighted by atomic mass is 9.87. The summed E-state index contributed by atoms with van der Waals surface area (Å²) in [6.45, 7) is 1.80. The summed E-state index contributed by atoms with van der Waals surface area (Å²) in [5.74, 6) is -0.375. The fraction of sp³-hybridized carbons (Fsp3) is 0.250. The van der Waals surface area contributed by atoms with Gasteiger partial charge in [-0.1, -0.05) is 48.0 Å².